The van der Waals surface area contributed by atoms with Gasteiger partial charge in [0, 0.05) is 17.9 Å². The number of aromatic nitrogens is 1. The molecule has 1 saturated heterocycles. The van der Waals surface area contributed by atoms with E-state index < -0.39 is 17.1 Å². The Morgan fingerprint density at radius 2 is 1.65 bits per heavy atom. The summed E-state index contributed by atoms with van der Waals surface area (Å²) in [5, 5.41) is 0. The quantitative estimate of drug-likeness (QED) is 0.781. The first kappa shape index (κ1) is 15.6. The molecule has 0 aliphatic carbocycles. The Morgan fingerprint density at radius 3 is 2.00 bits per heavy atom. The van der Waals surface area contributed by atoms with Crippen LogP contribution in [0.4, 0.5) is 0 Å². The summed E-state index contributed by atoms with van der Waals surface area (Å²) in [7, 11) is -3.75. The molecule has 1 fully saturated rings. The van der Waals surface area contributed by atoms with Crippen LogP contribution in [0.3, 0.4) is 0 Å². The third kappa shape index (κ3) is 3.10. The molecule has 0 N–H and O–H groups in total. The number of nitrogens with zero attached hydrogens (tertiary/aromatic N) is 1. The lowest BCUT2D eigenvalue weighted by molar-refractivity contribution is 0.0815. The van der Waals surface area contributed by atoms with Gasteiger partial charge < -0.3 is 9.31 Å². The zero-order chi connectivity index (χ0) is 15.1. The van der Waals surface area contributed by atoms with E-state index in [4.69, 9.17) is 9.31 Å². The summed E-state index contributed by atoms with van der Waals surface area (Å²) in [5.41, 5.74) is 0.740. The predicted octanol–water partition coefficient (Wildman–Crippen LogP) is 1.09. The van der Waals surface area contributed by atoms with Crippen molar-refractivity contribution in [3.05, 3.63) is 18.5 Å². The maximum atomic E-state index is 11.5. The van der Waals surface area contributed by atoms with Crippen molar-refractivity contribution in [1.82, 2.24) is 3.97 Å². The average Bonchev–Trinajstić information content (AvgIpc) is 2.94. The van der Waals surface area contributed by atoms with Gasteiger partial charge in [-0.15, -0.1) is 0 Å². The first-order valence-corrected chi connectivity index (χ1v) is 8.74. The molecule has 1 aliphatic rings. The molecule has 0 saturated carbocycles. The number of hydrogen-bond donors (Lipinski definition) is 0. The molecule has 112 valence electrons. The molecule has 20 heavy (non-hydrogen) atoms. The van der Waals surface area contributed by atoms with E-state index in [1.807, 2.05) is 0 Å². The zero-order valence-corrected chi connectivity index (χ0v) is 13.4. The Labute approximate surface area is 121 Å². The van der Waals surface area contributed by atoms with Crippen LogP contribution in [0, 0.1) is 11.8 Å². The van der Waals surface area contributed by atoms with Gasteiger partial charge in [-0.3, -0.25) is 3.97 Å². The van der Waals surface area contributed by atoms with Gasteiger partial charge in [0.1, 0.15) is 0 Å². The SMILES string of the molecule is CC(C)C1OB(c2ccn(S(C)(=O)=O)c2)OC1C(C)C. The second-order valence-corrected chi connectivity index (χ2v) is 7.95. The van der Waals surface area contributed by atoms with Gasteiger partial charge in [-0.2, -0.15) is 0 Å². The lowest BCUT2D eigenvalue weighted by Crippen LogP contribution is -2.32. The van der Waals surface area contributed by atoms with Gasteiger partial charge >= 0.3 is 7.12 Å². The second kappa shape index (κ2) is 5.54. The Bertz CT molecular complexity index is 551. The van der Waals surface area contributed by atoms with Gasteiger partial charge in [0.15, 0.2) is 0 Å². The molecular formula is C13H22BNO4S. The van der Waals surface area contributed by atoms with Crippen molar-refractivity contribution in [2.24, 2.45) is 11.8 Å². The summed E-state index contributed by atoms with van der Waals surface area (Å²) in [6, 6.07) is 1.73. The number of hydrogen-bond acceptors (Lipinski definition) is 4. The van der Waals surface area contributed by atoms with Crippen LogP contribution in [0.2, 0.25) is 0 Å². The molecule has 1 aromatic rings. The molecule has 1 aromatic heterocycles. The van der Waals surface area contributed by atoms with E-state index in [-0.39, 0.29) is 12.2 Å². The molecule has 2 heterocycles. The molecule has 0 amide bonds. The Hall–Kier alpha value is -0.785. The standard InChI is InChI=1S/C13H22BNO4S/c1-9(2)12-13(10(3)4)19-14(18-12)11-6-7-15(8-11)20(5,16)17/h6-10,12-13H,1-5H3. The lowest BCUT2D eigenvalue weighted by Gasteiger charge is -2.24. The van der Waals surface area contributed by atoms with Crippen molar-refractivity contribution in [3.8, 4) is 0 Å². The highest BCUT2D eigenvalue weighted by molar-refractivity contribution is 7.89. The third-order valence-electron chi connectivity index (χ3n) is 3.54. The smallest absolute Gasteiger partial charge is 0.402 e. The first-order valence-electron chi connectivity index (χ1n) is 6.89. The minimum atomic E-state index is -3.27. The van der Waals surface area contributed by atoms with Gasteiger partial charge in [-0.1, -0.05) is 27.7 Å². The van der Waals surface area contributed by atoms with Crippen LogP contribution >= 0.6 is 0 Å². The second-order valence-electron chi connectivity index (χ2n) is 6.06. The molecule has 0 radical (unpaired) electrons. The van der Waals surface area contributed by atoms with Gasteiger partial charge in [0.25, 0.3) is 0 Å². The number of rotatable bonds is 4. The van der Waals surface area contributed by atoms with Crippen molar-refractivity contribution in [1.29, 1.82) is 0 Å². The maximum absolute atomic E-state index is 11.5. The van der Waals surface area contributed by atoms with E-state index in [2.05, 4.69) is 27.7 Å². The van der Waals surface area contributed by atoms with Gasteiger partial charge in [-0.05, 0) is 17.9 Å². The van der Waals surface area contributed by atoms with E-state index >= 15 is 0 Å². The average molecular weight is 299 g/mol. The summed E-state index contributed by atoms with van der Waals surface area (Å²) in [5.74, 6) is 0.703. The van der Waals surface area contributed by atoms with E-state index in [1.165, 1.54) is 16.4 Å². The van der Waals surface area contributed by atoms with Crippen molar-refractivity contribution >= 4 is 22.6 Å². The van der Waals surface area contributed by atoms with Gasteiger partial charge in [0.2, 0.25) is 10.0 Å². The minimum Gasteiger partial charge on any atom is -0.402 e. The fraction of sp³-hybridized carbons (Fsp3) is 0.692. The minimum absolute atomic E-state index is 0.0292. The molecule has 2 unspecified atom stereocenters. The Balaban J connectivity index is 2.21. The fourth-order valence-corrected chi connectivity index (χ4v) is 3.04. The topological polar surface area (TPSA) is 57.5 Å². The predicted molar refractivity (Wildman–Crippen MR) is 79.5 cm³/mol. The molecule has 2 rings (SSSR count). The molecule has 0 bridgehead atoms. The van der Waals surface area contributed by atoms with Crippen LogP contribution in [0.5, 0.6) is 0 Å². The molecule has 2 atom stereocenters. The molecule has 0 spiro atoms. The summed E-state index contributed by atoms with van der Waals surface area (Å²) < 4.78 is 36.1. The molecule has 1 aliphatic heterocycles. The van der Waals surface area contributed by atoms with Crippen LogP contribution in [0.15, 0.2) is 18.5 Å². The largest absolute Gasteiger partial charge is 0.496 e. The summed E-state index contributed by atoms with van der Waals surface area (Å²) in [4.78, 5) is 0. The van der Waals surface area contributed by atoms with E-state index in [9.17, 15) is 8.42 Å². The van der Waals surface area contributed by atoms with E-state index in [1.54, 1.807) is 12.3 Å². The van der Waals surface area contributed by atoms with E-state index in [0.29, 0.717) is 11.8 Å². The van der Waals surface area contributed by atoms with Crippen LogP contribution in [-0.4, -0.2) is 38.0 Å². The summed E-state index contributed by atoms with van der Waals surface area (Å²) in [6.45, 7) is 8.42. The van der Waals surface area contributed by atoms with Crippen molar-refractivity contribution < 1.29 is 17.7 Å². The maximum Gasteiger partial charge on any atom is 0.496 e. The molecule has 0 aromatic carbocycles. The van der Waals surface area contributed by atoms with E-state index in [0.717, 1.165) is 5.46 Å². The van der Waals surface area contributed by atoms with Crippen molar-refractivity contribution in [2.45, 2.75) is 39.9 Å². The Morgan fingerprint density at radius 1 is 1.15 bits per heavy atom. The highest BCUT2D eigenvalue weighted by Crippen LogP contribution is 2.28. The fourth-order valence-electron chi connectivity index (χ4n) is 2.44. The summed E-state index contributed by atoms with van der Waals surface area (Å²) >= 11 is 0. The normalized spacial score (nSPS) is 24.1. The lowest BCUT2D eigenvalue weighted by atomic mass is 9.81. The van der Waals surface area contributed by atoms with Crippen LogP contribution in [-0.2, 0) is 19.3 Å². The zero-order valence-electron chi connectivity index (χ0n) is 12.6. The first-order chi connectivity index (χ1) is 9.20. The van der Waals surface area contributed by atoms with Gasteiger partial charge in [0.05, 0.1) is 18.5 Å². The van der Waals surface area contributed by atoms with Crippen LogP contribution in [0.1, 0.15) is 27.7 Å². The Kier molecular flexibility index (Phi) is 4.32. The monoisotopic (exact) mass is 299 g/mol. The van der Waals surface area contributed by atoms with Gasteiger partial charge in [-0.25, -0.2) is 8.42 Å². The highest BCUT2D eigenvalue weighted by Gasteiger charge is 2.43. The molecule has 7 heteroatoms. The molecule has 5 nitrogen and oxygen atoms in total. The van der Waals surface area contributed by atoms with Crippen molar-refractivity contribution in [2.75, 3.05) is 6.26 Å². The molecular weight excluding hydrogens is 277 g/mol. The van der Waals surface area contributed by atoms with Crippen LogP contribution < -0.4 is 5.46 Å². The van der Waals surface area contributed by atoms with Crippen molar-refractivity contribution in [3.63, 3.8) is 0 Å². The highest BCUT2D eigenvalue weighted by atomic mass is 32.2. The third-order valence-corrected chi connectivity index (χ3v) is 4.54. The van der Waals surface area contributed by atoms with Crippen LogP contribution in [0.25, 0.3) is 0 Å². The summed E-state index contributed by atoms with van der Waals surface area (Å²) in [6.07, 6.45) is 4.30.